The summed E-state index contributed by atoms with van der Waals surface area (Å²) in [6, 6.07) is 0. The maximum absolute atomic E-state index is 12.5. The number of phosphoric ester groups is 1. The van der Waals surface area contributed by atoms with E-state index in [-0.39, 0.29) is 32.6 Å². The van der Waals surface area contributed by atoms with Crippen molar-refractivity contribution in [2.24, 2.45) is 5.73 Å². The average Bonchev–Trinajstić information content (AvgIpc) is 3.14. The molecule has 9 nitrogen and oxygen atoms in total. The van der Waals surface area contributed by atoms with Crippen LogP contribution in [0.5, 0.6) is 0 Å². The van der Waals surface area contributed by atoms with Gasteiger partial charge in [-0.05, 0) is 83.5 Å². The summed E-state index contributed by atoms with van der Waals surface area (Å²) in [4.78, 5) is 34.7. The molecule has 0 radical (unpaired) electrons. The highest BCUT2D eigenvalue weighted by molar-refractivity contribution is 7.47. The van der Waals surface area contributed by atoms with E-state index in [1.54, 1.807) is 0 Å². The van der Waals surface area contributed by atoms with Crippen LogP contribution in [0.1, 0.15) is 155 Å². The molecule has 10 heteroatoms. The van der Waals surface area contributed by atoms with E-state index >= 15 is 0 Å². The van der Waals surface area contributed by atoms with Gasteiger partial charge in [-0.25, -0.2) is 4.57 Å². The number of allylic oxidation sites excluding steroid dienone is 12. The van der Waals surface area contributed by atoms with Crippen LogP contribution >= 0.6 is 7.82 Å². The van der Waals surface area contributed by atoms with Crippen molar-refractivity contribution < 1.29 is 37.6 Å². The highest BCUT2D eigenvalue weighted by Gasteiger charge is 2.25. The Labute approximate surface area is 322 Å². The van der Waals surface area contributed by atoms with Gasteiger partial charge < -0.3 is 20.1 Å². The SMILES string of the molecule is CCCCCC=CCC=CCC=CCCCCC(=O)OC(COC(=O)CCCC=CCC=CCC=CCCCCCCCC)COP(=O)(O)OCCN. The minimum Gasteiger partial charge on any atom is -0.462 e. The highest BCUT2D eigenvalue weighted by Crippen LogP contribution is 2.43. The fourth-order valence-corrected chi connectivity index (χ4v) is 5.77. The predicted octanol–water partition coefficient (Wildman–Crippen LogP) is 11.5. The zero-order chi connectivity index (χ0) is 38.9. The quantitative estimate of drug-likeness (QED) is 0.0274. The molecule has 0 aliphatic heterocycles. The van der Waals surface area contributed by atoms with Crippen molar-refractivity contribution in [3.63, 3.8) is 0 Å². The summed E-state index contributed by atoms with van der Waals surface area (Å²) in [6.07, 6.45) is 46.6. The van der Waals surface area contributed by atoms with Crippen LogP contribution in [0.4, 0.5) is 0 Å². The minimum atomic E-state index is -4.40. The van der Waals surface area contributed by atoms with Gasteiger partial charge in [0, 0.05) is 19.4 Å². The molecular formula is C43H74NO8P. The number of ether oxygens (including phenoxy) is 2. The molecule has 53 heavy (non-hydrogen) atoms. The molecule has 0 fully saturated rings. The van der Waals surface area contributed by atoms with Crippen molar-refractivity contribution in [2.45, 2.75) is 161 Å². The fourth-order valence-electron chi connectivity index (χ4n) is 5.01. The van der Waals surface area contributed by atoms with Crippen LogP contribution in [0.3, 0.4) is 0 Å². The van der Waals surface area contributed by atoms with Crippen LogP contribution < -0.4 is 5.73 Å². The first kappa shape index (κ1) is 50.5. The zero-order valence-corrected chi connectivity index (χ0v) is 34.1. The summed E-state index contributed by atoms with van der Waals surface area (Å²) in [5.41, 5.74) is 5.33. The lowest BCUT2D eigenvalue weighted by Gasteiger charge is -2.19. The molecule has 0 rings (SSSR count). The smallest absolute Gasteiger partial charge is 0.462 e. The number of hydrogen-bond donors (Lipinski definition) is 2. The lowest BCUT2D eigenvalue weighted by molar-refractivity contribution is -0.161. The van der Waals surface area contributed by atoms with E-state index in [0.29, 0.717) is 12.8 Å². The van der Waals surface area contributed by atoms with Gasteiger partial charge in [-0.3, -0.25) is 18.6 Å². The molecule has 0 aliphatic rings. The molecule has 0 aliphatic carbocycles. The van der Waals surface area contributed by atoms with Crippen LogP contribution in [0.15, 0.2) is 72.9 Å². The highest BCUT2D eigenvalue weighted by atomic mass is 31.2. The molecule has 3 N–H and O–H groups in total. The molecule has 304 valence electrons. The topological polar surface area (TPSA) is 134 Å². The fraction of sp³-hybridized carbons (Fsp3) is 0.674. The number of hydrogen-bond acceptors (Lipinski definition) is 8. The molecule has 2 atom stereocenters. The van der Waals surface area contributed by atoms with E-state index in [9.17, 15) is 19.0 Å². The molecule has 0 aromatic rings. The first-order valence-corrected chi connectivity index (χ1v) is 21.9. The minimum absolute atomic E-state index is 0.0373. The molecule has 0 aromatic heterocycles. The summed E-state index contributed by atoms with van der Waals surface area (Å²) in [5.74, 6) is -0.942. The number of carbonyl (C=O) groups is 2. The third-order valence-corrected chi connectivity index (χ3v) is 9.05. The lowest BCUT2D eigenvalue weighted by atomic mass is 10.1. The van der Waals surface area contributed by atoms with Crippen molar-refractivity contribution >= 4 is 19.8 Å². The molecule has 0 amide bonds. The molecule has 0 bridgehead atoms. The Morgan fingerprint density at radius 2 is 1.00 bits per heavy atom. The Morgan fingerprint density at radius 3 is 1.55 bits per heavy atom. The van der Waals surface area contributed by atoms with Gasteiger partial charge in [0.25, 0.3) is 0 Å². The van der Waals surface area contributed by atoms with Crippen LogP contribution in [0, 0.1) is 0 Å². The summed E-state index contributed by atoms with van der Waals surface area (Å²) < 4.78 is 32.6. The second-order valence-corrected chi connectivity index (χ2v) is 14.6. The molecule has 0 saturated carbocycles. The standard InChI is InChI=1S/C43H74NO8P/c1-3-5-7-9-11-13-15-17-19-20-22-23-25-27-29-31-33-35-42(45)49-39-41(40-51-53(47,48)50-38-37-44)52-43(46)36-34-32-30-28-26-24-21-18-16-14-12-10-8-6-4-2/h12,14,17-19,21-23,26-29,41H,3-11,13,15-16,20,24-25,30-40,44H2,1-2H3,(H,47,48). The van der Waals surface area contributed by atoms with E-state index in [0.717, 1.165) is 57.8 Å². The van der Waals surface area contributed by atoms with Gasteiger partial charge in [-0.1, -0.05) is 132 Å². The van der Waals surface area contributed by atoms with Gasteiger partial charge in [0.05, 0.1) is 13.2 Å². The number of carbonyl (C=O) groups excluding carboxylic acids is 2. The third-order valence-electron chi connectivity index (χ3n) is 8.06. The Balaban J connectivity index is 4.36. The lowest BCUT2D eigenvalue weighted by Crippen LogP contribution is -2.29. The van der Waals surface area contributed by atoms with E-state index in [2.05, 4.69) is 80.7 Å². The summed E-state index contributed by atoms with van der Waals surface area (Å²) in [5, 5.41) is 0. The van der Waals surface area contributed by atoms with Gasteiger partial charge in [-0.2, -0.15) is 0 Å². The Kier molecular flexibility index (Phi) is 37.3. The Bertz CT molecular complexity index is 1100. The summed E-state index contributed by atoms with van der Waals surface area (Å²) in [6.45, 7) is 3.57. The number of nitrogens with two attached hydrogens (primary N) is 1. The van der Waals surface area contributed by atoms with Crippen molar-refractivity contribution in [3.05, 3.63) is 72.9 Å². The van der Waals surface area contributed by atoms with Gasteiger partial charge in [0.1, 0.15) is 6.61 Å². The van der Waals surface area contributed by atoms with Crippen LogP contribution in [-0.2, 0) is 32.7 Å². The Hall–Kier alpha value is -2.55. The van der Waals surface area contributed by atoms with E-state index < -0.39 is 32.5 Å². The van der Waals surface area contributed by atoms with Crippen LogP contribution in [-0.4, -0.2) is 49.3 Å². The molecule has 2 unspecified atom stereocenters. The zero-order valence-electron chi connectivity index (χ0n) is 33.2. The number of rotatable bonds is 37. The monoisotopic (exact) mass is 764 g/mol. The number of esters is 2. The molecule has 0 heterocycles. The maximum atomic E-state index is 12.5. The number of unbranched alkanes of at least 4 members (excludes halogenated alkanes) is 12. The van der Waals surface area contributed by atoms with Crippen molar-refractivity contribution in [1.82, 2.24) is 0 Å². The number of phosphoric acid groups is 1. The van der Waals surface area contributed by atoms with Crippen molar-refractivity contribution in [2.75, 3.05) is 26.4 Å². The first-order chi connectivity index (χ1) is 25.8. The summed E-state index contributed by atoms with van der Waals surface area (Å²) >= 11 is 0. The third kappa shape index (κ3) is 39.0. The molecular weight excluding hydrogens is 689 g/mol. The van der Waals surface area contributed by atoms with Crippen LogP contribution in [0.25, 0.3) is 0 Å². The average molecular weight is 764 g/mol. The maximum Gasteiger partial charge on any atom is 0.472 e. The molecule has 0 saturated heterocycles. The molecule has 0 spiro atoms. The van der Waals surface area contributed by atoms with Gasteiger partial charge in [0.2, 0.25) is 0 Å². The first-order valence-electron chi connectivity index (χ1n) is 20.4. The van der Waals surface area contributed by atoms with Crippen molar-refractivity contribution in [3.8, 4) is 0 Å². The molecule has 0 aromatic carbocycles. The van der Waals surface area contributed by atoms with Gasteiger partial charge in [-0.15, -0.1) is 0 Å². The largest absolute Gasteiger partial charge is 0.472 e. The second-order valence-electron chi connectivity index (χ2n) is 13.1. The van der Waals surface area contributed by atoms with Gasteiger partial charge >= 0.3 is 19.8 Å². The van der Waals surface area contributed by atoms with Crippen molar-refractivity contribution in [1.29, 1.82) is 0 Å². The Morgan fingerprint density at radius 1 is 0.566 bits per heavy atom. The second kappa shape index (κ2) is 39.2. The summed E-state index contributed by atoms with van der Waals surface area (Å²) in [7, 11) is -4.40. The van der Waals surface area contributed by atoms with E-state index in [1.165, 1.54) is 57.8 Å². The predicted molar refractivity (Wildman–Crippen MR) is 219 cm³/mol. The van der Waals surface area contributed by atoms with E-state index in [4.69, 9.17) is 24.3 Å². The van der Waals surface area contributed by atoms with Crippen LogP contribution in [0.2, 0.25) is 0 Å². The van der Waals surface area contributed by atoms with Gasteiger partial charge in [0.15, 0.2) is 6.10 Å². The normalized spacial score (nSPS) is 14.1. The van der Waals surface area contributed by atoms with E-state index in [1.807, 2.05) is 6.08 Å².